The van der Waals surface area contributed by atoms with Crippen LogP contribution in [0.2, 0.25) is 0 Å². The molecular weight excluding hydrogens is 549 g/mol. The molecule has 0 spiro atoms. The standard InChI is InChI=1S/C32H38FN7O3/c1-32(2,3)43-31(41)38-16-13-22(14-17-38)39-18-15-26(25(33)19-39)40-30-27(29(34)35-20-36-30)28(37-40)21-9-11-24(12-10-21)42-23-7-5-4-6-8-23/h4-12,20,22,25-26H,13-19H2,1-3H3,(H2,34,35,36)/t25-,26?/m1/s1. The first-order valence-electron chi connectivity index (χ1n) is 14.8. The Balaban J connectivity index is 1.16. The SMILES string of the molecule is CC(C)(C)OC(=O)N1CCC(N2CCC(n3nc(-c4ccc(Oc5ccccc5)cc4)c4c(N)ncnc43)[C@H](F)C2)CC1. The van der Waals surface area contributed by atoms with Gasteiger partial charge in [-0.3, -0.25) is 4.90 Å². The number of nitrogens with zero attached hydrogens (tertiary/aromatic N) is 6. The predicted octanol–water partition coefficient (Wildman–Crippen LogP) is 5.85. The number of anilines is 1. The van der Waals surface area contributed by atoms with Crippen LogP contribution in [0.5, 0.6) is 11.5 Å². The van der Waals surface area contributed by atoms with Crippen LogP contribution < -0.4 is 10.5 Å². The Hall–Kier alpha value is -4.25. The molecule has 0 aliphatic carbocycles. The van der Waals surface area contributed by atoms with Gasteiger partial charge in [0.25, 0.3) is 0 Å². The summed E-state index contributed by atoms with van der Waals surface area (Å²) in [6.45, 7) is 7.84. The quantitative estimate of drug-likeness (QED) is 0.309. The number of ether oxygens (including phenoxy) is 2. The van der Waals surface area contributed by atoms with Crippen LogP contribution in [0.3, 0.4) is 0 Å². The van der Waals surface area contributed by atoms with Crippen LogP contribution in [0.15, 0.2) is 60.9 Å². The van der Waals surface area contributed by atoms with Crippen molar-refractivity contribution in [1.82, 2.24) is 29.5 Å². The van der Waals surface area contributed by atoms with Crippen LogP contribution in [0.25, 0.3) is 22.3 Å². The Morgan fingerprint density at radius 1 is 0.953 bits per heavy atom. The normalized spacial score (nSPS) is 20.3. The highest BCUT2D eigenvalue weighted by Gasteiger charge is 2.37. The monoisotopic (exact) mass is 587 g/mol. The van der Waals surface area contributed by atoms with Gasteiger partial charge in [0.15, 0.2) is 5.65 Å². The van der Waals surface area contributed by atoms with Gasteiger partial charge in [-0.2, -0.15) is 5.10 Å². The third-order valence-corrected chi connectivity index (χ3v) is 8.11. The highest BCUT2D eigenvalue weighted by atomic mass is 19.1. The molecule has 2 atom stereocenters. The maximum atomic E-state index is 16.0. The van der Waals surface area contributed by atoms with Crippen molar-refractivity contribution in [3.05, 3.63) is 60.9 Å². The van der Waals surface area contributed by atoms with E-state index in [4.69, 9.17) is 20.3 Å². The summed E-state index contributed by atoms with van der Waals surface area (Å²) >= 11 is 0. The van der Waals surface area contributed by atoms with Crippen LogP contribution >= 0.6 is 0 Å². The number of alkyl halides is 1. The molecule has 11 heteroatoms. The molecule has 2 aliphatic heterocycles. The number of likely N-dealkylation sites (tertiary alicyclic amines) is 2. The molecule has 2 aliphatic rings. The van der Waals surface area contributed by atoms with E-state index in [1.807, 2.05) is 75.4 Å². The number of halogens is 1. The van der Waals surface area contributed by atoms with Gasteiger partial charge in [0, 0.05) is 37.8 Å². The van der Waals surface area contributed by atoms with Gasteiger partial charge in [0.1, 0.15) is 41.1 Å². The number of carbonyl (C=O) groups excluding carboxylic acids is 1. The lowest BCUT2D eigenvalue weighted by Gasteiger charge is -2.43. The molecule has 1 unspecified atom stereocenters. The first-order valence-corrected chi connectivity index (χ1v) is 14.8. The molecule has 43 heavy (non-hydrogen) atoms. The number of nitrogen functional groups attached to an aromatic ring is 1. The number of benzene rings is 2. The molecule has 0 bridgehead atoms. The molecule has 226 valence electrons. The minimum Gasteiger partial charge on any atom is -0.457 e. The number of para-hydroxylation sites is 1. The van der Waals surface area contributed by atoms with Crippen molar-refractivity contribution in [2.45, 2.75) is 63.9 Å². The van der Waals surface area contributed by atoms with Crippen LogP contribution in [0.4, 0.5) is 15.0 Å². The minimum absolute atomic E-state index is 0.220. The Bertz CT molecular complexity index is 1560. The zero-order valence-corrected chi connectivity index (χ0v) is 24.8. The van der Waals surface area contributed by atoms with E-state index in [9.17, 15) is 4.79 Å². The molecule has 2 saturated heterocycles. The number of amides is 1. The molecule has 1 amide bonds. The topological polar surface area (TPSA) is 112 Å². The third-order valence-electron chi connectivity index (χ3n) is 8.11. The summed E-state index contributed by atoms with van der Waals surface area (Å²) in [5.74, 6) is 1.74. The summed E-state index contributed by atoms with van der Waals surface area (Å²) in [4.78, 5) is 25.1. The summed E-state index contributed by atoms with van der Waals surface area (Å²) in [5.41, 5.74) is 7.75. The van der Waals surface area contributed by atoms with Gasteiger partial charge >= 0.3 is 6.09 Å². The van der Waals surface area contributed by atoms with Gasteiger partial charge in [-0.05, 0) is 76.4 Å². The second kappa shape index (κ2) is 11.8. The van der Waals surface area contributed by atoms with Crippen molar-refractivity contribution in [3.63, 3.8) is 0 Å². The highest BCUT2D eigenvalue weighted by molar-refractivity contribution is 5.98. The van der Waals surface area contributed by atoms with Crippen molar-refractivity contribution in [3.8, 4) is 22.8 Å². The van der Waals surface area contributed by atoms with Crippen LogP contribution in [0, 0.1) is 0 Å². The molecule has 0 saturated carbocycles. The van der Waals surface area contributed by atoms with Gasteiger partial charge in [-0.25, -0.2) is 23.8 Å². The number of hydrogen-bond acceptors (Lipinski definition) is 8. The molecule has 2 N–H and O–H groups in total. The Kier molecular flexibility index (Phi) is 7.91. The maximum Gasteiger partial charge on any atom is 0.410 e. The fourth-order valence-electron chi connectivity index (χ4n) is 6.00. The first-order chi connectivity index (χ1) is 20.7. The number of aromatic nitrogens is 4. The Morgan fingerprint density at radius 3 is 2.33 bits per heavy atom. The molecule has 0 radical (unpaired) electrons. The zero-order chi connectivity index (χ0) is 30.1. The summed E-state index contributed by atoms with van der Waals surface area (Å²) in [7, 11) is 0. The lowest BCUT2D eigenvalue weighted by atomic mass is 9.97. The van der Waals surface area contributed by atoms with E-state index < -0.39 is 17.8 Å². The van der Waals surface area contributed by atoms with E-state index in [1.54, 1.807) is 9.58 Å². The number of fused-ring (bicyclic) bond motifs is 1. The summed E-state index contributed by atoms with van der Waals surface area (Å²) < 4.78 is 29.1. The van der Waals surface area contributed by atoms with Crippen molar-refractivity contribution in [2.24, 2.45) is 0 Å². The lowest BCUT2D eigenvalue weighted by molar-refractivity contribution is 0.00441. The smallest absolute Gasteiger partial charge is 0.410 e. The first kappa shape index (κ1) is 28.9. The fourth-order valence-corrected chi connectivity index (χ4v) is 6.00. The predicted molar refractivity (Wildman–Crippen MR) is 163 cm³/mol. The average Bonchev–Trinajstić information content (AvgIpc) is 3.38. The fraction of sp³-hybridized carbons (Fsp3) is 0.438. The number of carbonyl (C=O) groups is 1. The second-order valence-electron chi connectivity index (χ2n) is 12.3. The van der Waals surface area contributed by atoms with E-state index in [1.165, 1.54) is 6.33 Å². The van der Waals surface area contributed by atoms with E-state index >= 15 is 4.39 Å². The molecule has 2 aromatic heterocycles. The van der Waals surface area contributed by atoms with E-state index in [-0.39, 0.29) is 12.1 Å². The number of piperidine rings is 2. The largest absolute Gasteiger partial charge is 0.457 e. The minimum atomic E-state index is -1.15. The maximum absolute atomic E-state index is 16.0. The molecule has 4 aromatic rings. The third kappa shape index (κ3) is 6.27. The van der Waals surface area contributed by atoms with E-state index in [2.05, 4.69) is 14.9 Å². The van der Waals surface area contributed by atoms with E-state index in [0.29, 0.717) is 54.3 Å². The Labute approximate surface area is 250 Å². The van der Waals surface area contributed by atoms with Gasteiger partial charge in [0.2, 0.25) is 0 Å². The lowest BCUT2D eigenvalue weighted by Crippen LogP contribution is -2.52. The van der Waals surface area contributed by atoms with Gasteiger partial charge < -0.3 is 20.1 Å². The van der Waals surface area contributed by atoms with Crippen LogP contribution in [-0.4, -0.2) is 79.6 Å². The molecule has 2 aromatic carbocycles. The van der Waals surface area contributed by atoms with E-state index in [0.717, 1.165) is 30.7 Å². The van der Waals surface area contributed by atoms with Gasteiger partial charge in [0.05, 0.1) is 11.4 Å². The summed E-state index contributed by atoms with van der Waals surface area (Å²) in [5, 5.41) is 5.50. The zero-order valence-electron chi connectivity index (χ0n) is 24.8. The number of rotatable bonds is 5. The van der Waals surface area contributed by atoms with Gasteiger partial charge in [-0.15, -0.1) is 0 Å². The molecule has 10 nitrogen and oxygen atoms in total. The van der Waals surface area contributed by atoms with Crippen molar-refractivity contribution in [2.75, 3.05) is 31.9 Å². The van der Waals surface area contributed by atoms with Crippen molar-refractivity contribution < 1.29 is 18.7 Å². The van der Waals surface area contributed by atoms with Crippen LogP contribution in [0.1, 0.15) is 46.1 Å². The van der Waals surface area contributed by atoms with Crippen LogP contribution in [-0.2, 0) is 4.74 Å². The summed E-state index contributed by atoms with van der Waals surface area (Å²) in [6, 6.07) is 16.9. The average molecular weight is 588 g/mol. The summed E-state index contributed by atoms with van der Waals surface area (Å²) in [6.07, 6.45) is 2.13. The molecular formula is C32H38FN7O3. The Morgan fingerprint density at radius 2 is 1.65 bits per heavy atom. The highest BCUT2D eigenvalue weighted by Crippen LogP contribution is 2.36. The molecule has 6 rings (SSSR count). The molecule has 4 heterocycles. The van der Waals surface area contributed by atoms with Crippen molar-refractivity contribution >= 4 is 22.9 Å². The van der Waals surface area contributed by atoms with Gasteiger partial charge in [-0.1, -0.05) is 18.2 Å². The molecule has 2 fully saturated rings. The second-order valence-corrected chi connectivity index (χ2v) is 12.3. The van der Waals surface area contributed by atoms with Crippen molar-refractivity contribution in [1.29, 1.82) is 0 Å². The number of nitrogens with two attached hydrogens (primary N) is 1. The number of hydrogen-bond donors (Lipinski definition) is 1.